The number of rotatable bonds is 0. The Hall–Kier alpha value is 2.73. The summed E-state index contributed by atoms with van der Waals surface area (Å²) in [6.45, 7) is 0. The smallest absolute Gasteiger partial charge is 0 e. The molecule has 0 spiro atoms. The van der Waals surface area contributed by atoms with E-state index in [1.54, 1.807) is 0 Å². The van der Waals surface area contributed by atoms with Crippen molar-refractivity contribution in [1.82, 2.24) is 0 Å². The van der Waals surface area contributed by atoms with Crippen molar-refractivity contribution in [1.29, 1.82) is 0 Å². The van der Waals surface area contributed by atoms with Crippen LogP contribution in [-0.2, 0) is 78.4 Å². The standard InChI is InChI=1S/Ca.Cd.Cr.H2O4S.2H2O.2O.Zn.2H/c;;;1-5(2,3)4;;;;;;;/h;;;(H2,1,2,3,4);2*1H2;;;;;/q+2;;+2;;;;;;;2*-1/p-2. The van der Waals surface area contributed by atoms with Crippen LogP contribution in [0.3, 0.4) is 0 Å². The van der Waals surface area contributed by atoms with Crippen molar-refractivity contribution in [2.45, 2.75) is 0 Å². The summed E-state index contributed by atoms with van der Waals surface area (Å²) in [5.74, 6) is 0. The van der Waals surface area contributed by atoms with Crippen LogP contribution < -0.4 is 0 Å². The van der Waals surface area contributed by atoms with Gasteiger partial charge in [-0.1, -0.05) is 0 Å². The van der Waals surface area contributed by atoms with Gasteiger partial charge in [0.2, 0.25) is 0 Å². The van der Waals surface area contributed by atoms with Crippen LogP contribution in [0, 0.1) is 0 Å². The van der Waals surface area contributed by atoms with E-state index in [2.05, 4.69) is 0 Å². The maximum atomic E-state index is 8.82. The molecule has 0 fully saturated rings. The van der Waals surface area contributed by atoms with Crippen LogP contribution >= 0.6 is 0 Å². The van der Waals surface area contributed by atoms with E-state index in [9.17, 15) is 0 Å². The molecule has 13 heavy (non-hydrogen) atoms. The summed E-state index contributed by atoms with van der Waals surface area (Å²) >= 11 is -5.25. The molecule has 72 valence electrons. The maximum absolute atomic E-state index is 8.82. The molecule has 0 aromatic carbocycles. The molecule has 0 unspecified atom stereocenters. The van der Waals surface area contributed by atoms with Crippen molar-refractivity contribution in [2.24, 2.45) is 0 Å². The van der Waals surface area contributed by atoms with Crippen molar-refractivity contribution in [3.63, 3.8) is 0 Å². The molecule has 0 heterocycles. The van der Waals surface area contributed by atoms with E-state index in [4.69, 9.17) is 33.4 Å². The zero-order chi connectivity index (χ0) is 9.00. The minimum atomic E-state index is -5.25. The molecule has 0 aliphatic rings. The van der Waals surface area contributed by atoms with Crippen molar-refractivity contribution in [2.75, 3.05) is 0 Å². The fraction of sp³-hybridized carbons (Fsp3) is 0. The molecule has 13 heteroatoms. The molecule has 8 nitrogen and oxygen atoms in total. The molecule has 0 aliphatic carbocycles. The van der Waals surface area contributed by atoms with Crippen LogP contribution in [0.4, 0.5) is 0 Å². The van der Waals surface area contributed by atoms with Crippen LogP contribution in [0.2, 0.25) is 0 Å². The molecule has 4 N–H and O–H groups in total. The van der Waals surface area contributed by atoms with Crippen LogP contribution in [0.15, 0.2) is 0 Å². The summed E-state index contributed by atoms with van der Waals surface area (Å²) in [5, 5.41) is 0. The quantitative estimate of drug-likeness (QED) is 0.248. The summed E-state index contributed by atoms with van der Waals surface area (Å²) in [5.41, 5.74) is 0. The Bertz CT molecular complexity index is 229. The molecule has 0 atom stereocenters. The minimum Gasteiger partial charge on any atom is 0 e. The van der Waals surface area contributed by atoms with Gasteiger partial charge in [0.15, 0.2) is 0 Å². The summed E-state index contributed by atoms with van der Waals surface area (Å²) in [7, 11) is -4.67. The van der Waals surface area contributed by atoms with Crippen LogP contribution in [0.5, 0.6) is 0 Å². The third-order valence-electron chi connectivity index (χ3n) is 0. The van der Waals surface area contributed by atoms with E-state index >= 15 is 0 Å². The Kier molecular flexibility index (Phi) is 29.2. The van der Waals surface area contributed by atoms with Gasteiger partial charge in [-0.15, -0.1) is 0 Å². The minimum absolute atomic E-state index is 0. The zero-order valence-corrected chi connectivity index (χ0v) is 17.7. The predicted molar refractivity (Wildman–Crippen MR) is 28.0 cm³/mol. The van der Waals surface area contributed by atoms with Gasteiger partial charge in [0, 0.05) is 46.8 Å². The summed E-state index contributed by atoms with van der Waals surface area (Å²) in [6.07, 6.45) is 0. The van der Waals surface area contributed by atoms with Gasteiger partial charge in [-0.05, 0) is 0 Å². The van der Waals surface area contributed by atoms with Crippen molar-refractivity contribution < 1.29 is 96.7 Å². The molecule has 0 radical (unpaired) electrons. The normalized spacial score (nSPS) is 8.92. The van der Waals surface area contributed by atoms with Crippen molar-refractivity contribution in [3.05, 3.63) is 0 Å². The SMILES string of the molecule is O=S(=O)(O)O.[Ca+2].[Cd].[H-].[H-].[O]=[Cr](=[O])([OH])[OH].[Zn]. The van der Waals surface area contributed by atoms with Gasteiger partial charge >= 0.3 is 77.7 Å². The molecule has 0 aromatic heterocycles. The van der Waals surface area contributed by atoms with Gasteiger partial charge in [-0.25, -0.2) is 0 Å². The molecule has 0 bridgehead atoms. The van der Waals surface area contributed by atoms with Gasteiger partial charge in [0.1, 0.15) is 0 Å². The van der Waals surface area contributed by atoms with Gasteiger partial charge < -0.3 is 2.85 Å². The zero-order valence-electron chi connectivity index (χ0n) is 8.36. The second-order valence-corrected chi connectivity index (χ2v) is 3.19. The molecule has 0 aliphatic heterocycles. The first-order valence-electron chi connectivity index (χ1n) is 1.40. The van der Waals surface area contributed by atoms with Gasteiger partial charge in [-0.2, -0.15) is 8.42 Å². The average Bonchev–Trinajstić information content (AvgIpc) is 1.12. The first kappa shape index (κ1) is 29.6. The Morgan fingerprint density at radius 3 is 1.08 bits per heavy atom. The van der Waals surface area contributed by atoms with Gasteiger partial charge in [-0.3, -0.25) is 9.11 Å². The van der Waals surface area contributed by atoms with Crippen LogP contribution in [0.25, 0.3) is 0 Å². The Morgan fingerprint density at radius 2 is 1.08 bits per heavy atom. The molecule has 0 saturated carbocycles. The van der Waals surface area contributed by atoms with E-state index in [-0.39, 0.29) is 87.4 Å². The van der Waals surface area contributed by atoms with Crippen molar-refractivity contribution >= 4 is 48.1 Å². The van der Waals surface area contributed by atoms with E-state index in [0.29, 0.717) is 0 Å². The van der Waals surface area contributed by atoms with Gasteiger partial charge in [0.05, 0.1) is 0 Å². The van der Waals surface area contributed by atoms with Crippen molar-refractivity contribution in [3.8, 4) is 0 Å². The average molecular weight is 436 g/mol. The Balaban J connectivity index is -0.0000000128. The molecular weight excluding hydrogens is 430 g/mol. The second-order valence-electron chi connectivity index (χ2n) is 0.896. The maximum Gasteiger partial charge on any atom is 0 e. The molecular formula is H6CaCdCrO8SZn. The number of hydrogen-bond donors (Lipinski definition) is 4. The third kappa shape index (κ3) is 321. The third-order valence-corrected chi connectivity index (χ3v) is 0. The topological polar surface area (TPSA) is 149 Å². The summed E-state index contributed by atoms with van der Waals surface area (Å²) in [4.78, 5) is 0. The van der Waals surface area contributed by atoms with Crippen LogP contribution in [-0.4, -0.2) is 63.6 Å². The first-order valence-corrected chi connectivity index (χ1v) is 4.98. The van der Waals surface area contributed by atoms with Gasteiger partial charge in [0.25, 0.3) is 0 Å². The first-order chi connectivity index (χ1) is 4.00. The van der Waals surface area contributed by atoms with E-state index < -0.39 is 24.0 Å². The monoisotopic (exact) mass is 436 g/mol. The molecule has 0 aromatic rings. The molecule has 0 rings (SSSR count). The van der Waals surface area contributed by atoms with Crippen LogP contribution in [0.1, 0.15) is 2.85 Å². The molecule has 0 saturated heterocycles. The molecule has 0 amide bonds. The van der Waals surface area contributed by atoms with E-state index in [0.717, 1.165) is 0 Å². The summed E-state index contributed by atoms with van der Waals surface area (Å²) in [6, 6.07) is 0. The Labute approximate surface area is 142 Å². The van der Waals surface area contributed by atoms with E-state index in [1.165, 1.54) is 0 Å². The summed E-state index contributed by atoms with van der Waals surface area (Å²) < 4.78 is 63.5. The van der Waals surface area contributed by atoms with E-state index in [1.807, 2.05) is 0 Å². The number of hydrogen-bond acceptors (Lipinski definition) is 4. The second kappa shape index (κ2) is 12.8. The fourth-order valence-electron chi connectivity index (χ4n) is 0. The Morgan fingerprint density at radius 1 is 1.08 bits per heavy atom. The predicted octanol–water partition coefficient (Wildman–Crippen LogP) is -2.17. The largest absolute Gasteiger partial charge is 0 e. The fourth-order valence-corrected chi connectivity index (χ4v) is 0.